The molecule has 2 N–H and O–H groups in total. The van der Waals surface area contributed by atoms with Crippen LogP contribution in [0.1, 0.15) is 44.6 Å². The molecular formula is C19H28N4O2S. The Morgan fingerprint density at radius 2 is 2.00 bits per heavy atom. The van der Waals surface area contributed by atoms with E-state index in [1.807, 2.05) is 18.2 Å². The molecule has 0 radical (unpaired) electrons. The van der Waals surface area contributed by atoms with E-state index in [9.17, 15) is 8.42 Å². The summed E-state index contributed by atoms with van der Waals surface area (Å²) in [5.74, 6) is 0.829. The molecule has 0 saturated heterocycles. The highest BCUT2D eigenvalue weighted by Gasteiger charge is 2.20. The van der Waals surface area contributed by atoms with Gasteiger partial charge in [0.2, 0.25) is 0 Å². The van der Waals surface area contributed by atoms with Crippen LogP contribution in [0, 0.1) is 5.92 Å². The molecule has 0 spiro atoms. The lowest BCUT2D eigenvalue weighted by Crippen LogP contribution is -2.28. The van der Waals surface area contributed by atoms with E-state index in [4.69, 9.17) is 0 Å². The molecule has 1 aromatic carbocycles. The van der Waals surface area contributed by atoms with Crippen LogP contribution in [0.15, 0.2) is 41.8 Å². The highest BCUT2D eigenvalue weighted by Crippen LogP contribution is 2.28. The quantitative estimate of drug-likeness (QED) is 0.741. The van der Waals surface area contributed by atoms with Gasteiger partial charge in [-0.05, 0) is 30.9 Å². The van der Waals surface area contributed by atoms with Crippen molar-refractivity contribution in [3.63, 3.8) is 0 Å². The van der Waals surface area contributed by atoms with Crippen LogP contribution < -0.4 is 10.0 Å². The molecule has 3 rings (SSSR count). The first-order valence-corrected chi connectivity index (χ1v) is 10.7. The zero-order chi connectivity index (χ0) is 18.6. The molecule has 0 unspecified atom stereocenters. The molecule has 1 atom stereocenters. The van der Waals surface area contributed by atoms with E-state index in [1.165, 1.54) is 44.6 Å². The third-order valence-corrected chi connectivity index (χ3v) is 6.27. The summed E-state index contributed by atoms with van der Waals surface area (Å²) in [6.07, 6.45) is 9.55. The van der Waals surface area contributed by atoms with E-state index < -0.39 is 10.0 Å². The number of imidazole rings is 1. The lowest BCUT2D eigenvalue weighted by molar-refractivity contribution is 0.404. The maximum Gasteiger partial charge on any atom is 0.280 e. The summed E-state index contributed by atoms with van der Waals surface area (Å²) in [5.41, 5.74) is 1.53. The van der Waals surface area contributed by atoms with E-state index in [-0.39, 0.29) is 5.03 Å². The Morgan fingerprint density at radius 1 is 1.27 bits per heavy atom. The average molecular weight is 377 g/mol. The van der Waals surface area contributed by atoms with E-state index in [0.717, 1.165) is 11.5 Å². The SMILES string of the molecule is C[C@@H](CC1CCCC1)NCc1ccccc1NS(=O)(=O)c1cn(C)cn1. The van der Waals surface area contributed by atoms with Crippen molar-refractivity contribution in [1.29, 1.82) is 0 Å². The second kappa shape index (κ2) is 8.22. The number of nitrogens with one attached hydrogen (secondary N) is 2. The Hall–Kier alpha value is -1.86. The number of anilines is 1. The molecule has 142 valence electrons. The molecule has 1 aliphatic carbocycles. The number of aryl methyl sites for hydroxylation is 1. The fraction of sp³-hybridized carbons (Fsp3) is 0.526. The molecule has 1 saturated carbocycles. The van der Waals surface area contributed by atoms with Crippen molar-refractivity contribution in [2.75, 3.05) is 4.72 Å². The second-order valence-electron chi connectivity index (χ2n) is 7.31. The van der Waals surface area contributed by atoms with Crippen molar-refractivity contribution >= 4 is 15.7 Å². The minimum Gasteiger partial charge on any atom is -0.339 e. The maximum absolute atomic E-state index is 12.5. The number of benzene rings is 1. The van der Waals surface area contributed by atoms with Crippen LogP contribution in [0.4, 0.5) is 5.69 Å². The molecule has 7 heteroatoms. The number of hydrogen-bond acceptors (Lipinski definition) is 4. The van der Waals surface area contributed by atoms with Gasteiger partial charge in [-0.3, -0.25) is 4.72 Å². The van der Waals surface area contributed by atoms with Crippen LogP contribution >= 0.6 is 0 Å². The summed E-state index contributed by atoms with van der Waals surface area (Å²) in [5, 5.41) is 3.57. The highest BCUT2D eigenvalue weighted by atomic mass is 32.2. The largest absolute Gasteiger partial charge is 0.339 e. The van der Waals surface area contributed by atoms with Gasteiger partial charge in [0.05, 0.1) is 12.0 Å². The van der Waals surface area contributed by atoms with Crippen LogP contribution in [0.3, 0.4) is 0 Å². The molecule has 1 aromatic heterocycles. The summed E-state index contributed by atoms with van der Waals surface area (Å²) < 4.78 is 29.3. The fourth-order valence-electron chi connectivity index (χ4n) is 3.61. The highest BCUT2D eigenvalue weighted by molar-refractivity contribution is 7.92. The molecule has 2 aromatic rings. The first-order valence-electron chi connectivity index (χ1n) is 9.26. The monoisotopic (exact) mass is 376 g/mol. The molecule has 1 fully saturated rings. The van der Waals surface area contributed by atoms with Gasteiger partial charge in [-0.15, -0.1) is 0 Å². The number of aromatic nitrogens is 2. The number of sulfonamides is 1. The van der Waals surface area contributed by atoms with E-state index in [1.54, 1.807) is 17.7 Å². The predicted molar refractivity (Wildman–Crippen MR) is 103 cm³/mol. The molecule has 1 aliphatic rings. The normalized spacial score (nSPS) is 16.7. The van der Waals surface area contributed by atoms with Crippen LogP contribution in [-0.4, -0.2) is 24.0 Å². The predicted octanol–water partition coefficient (Wildman–Crippen LogP) is 3.28. The van der Waals surface area contributed by atoms with Gasteiger partial charge in [-0.1, -0.05) is 43.9 Å². The van der Waals surface area contributed by atoms with Crippen LogP contribution in [-0.2, 0) is 23.6 Å². The zero-order valence-corrected chi connectivity index (χ0v) is 16.3. The van der Waals surface area contributed by atoms with Crippen molar-refractivity contribution in [3.05, 3.63) is 42.4 Å². The van der Waals surface area contributed by atoms with Gasteiger partial charge in [-0.25, -0.2) is 4.98 Å². The molecule has 1 heterocycles. The number of rotatable bonds is 8. The Balaban J connectivity index is 1.64. The van der Waals surface area contributed by atoms with Gasteiger partial charge in [0.15, 0.2) is 5.03 Å². The smallest absolute Gasteiger partial charge is 0.280 e. The number of hydrogen-bond donors (Lipinski definition) is 2. The Kier molecular flexibility index (Phi) is 5.98. The number of nitrogens with zero attached hydrogens (tertiary/aromatic N) is 2. The summed E-state index contributed by atoms with van der Waals surface area (Å²) >= 11 is 0. The first kappa shape index (κ1) is 18.9. The van der Waals surface area contributed by atoms with Crippen molar-refractivity contribution in [3.8, 4) is 0 Å². The van der Waals surface area contributed by atoms with Crippen LogP contribution in [0.2, 0.25) is 0 Å². The van der Waals surface area contributed by atoms with Crippen molar-refractivity contribution < 1.29 is 8.42 Å². The molecule has 6 nitrogen and oxygen atoms in total. The second-order valence-corrected chi connectivity index (χ2v) is 8.94. The van der Waals surface area contributed by atoms with Crippen LogP contribution in [0.25, 0.3) is 0 Å². The molecular weight excluding hydrogens is 348 g/mol. The standard InChI is InChI=1S/C19H28N4O2S/c1-15(11-16-7-3-4-8-16)20-12-17-9-5-6-10-18(17)22-26(24,25)19-13-23(2)14-21-19/h5-6,9-10,13-16,20,22H,3-4,7-8,11-12H2,1-2H3/t15-/m0/s1. The first-order chi connectivity index (χ1) is 12.4. The van der Waals surface area contributed by atoms with Crippen molar-refractivity contribution in [1.82, 2.24) is 14.9 Å². The zero-order valence-electron chi connectivity index (χ0n) is 15.5. The Morgan fingerprint density at radius 3 is 2.69 bits per heavy atom. The van der Waals surface area contributed by atoms with Gasteiger partial charge in [0.1, 0.15) is 0 Å². The Labute approximate surface area is 156 Å². The Bertz CT molecular complexity index is 826. The summed E-state index contributed by atoms with van der Waals surface area (Å²) in [6, 6.07) is 7.92. The third kappa shape index (κ3) is 4.86. The van der Waals surface area contributed by atoms with Crippen molar-refractivity contribution in [2.45, 2.75) is 56.6 Å². The van der Waals surface area contributed by atoms with Gasteiger partial charge >= 0.3 is 0 Å². The lowest BCUT2D eigenvalue weighted by Gasteiger charge is -2.19. The van der Waals surface area contributed by atoms with E-state index in [0.29, 0.717) is 18.3 Å². The van der Waals surface area contributed by atoms with Gasteiger partial charge in [0.25, 0.3) is 10.0 Å². The summed E-state index contributed by atoms with van der Waals surface area (Å²) in [7, 11) is -1.94. The molecule has 0 amide bonds. The minimum atomic E-state index is -3.68. The molecule has 0 aliphatic heterocycles. The lowest BCUT2D eigenvalue weighted by atomic mass is 9.99. The van der Waals surface area contributed by atoms with E-state index in [2.05, 4.69) is 21.9 Å². The van der Waals surface area contributed by atoms with Crippen LogP contribution in [0.5, 0.6) is 0 Å². The molecule has 0 bridgehead atoms. The summed E-state index contributed by atoms with van der Waals surface area (Å²) in [6.45, 7) is 2.84. The maximum atomic E-state index is 12.5. The fourth-order valence-corrected chi connectivity index (χ4v) is 4.70. The van der Waals surface area contributed by atoms with Crippen molar-refractivity contribution in [2.24, 2.45) is 13.0 Å². The summed E-state index contributed by atoms with van der Waals surface area (Å²) in [4.78, 5) is 3.94. The average Bonchev–Trinajstić information content (AvgIpc) is 3.26. The van der Waals surface area contributed by atoms with Gasteiger partial charge in [0, 0.05) is 25.8 Å². The third-order valence-electron chi connectivity index (χ3n) is 5.02. The molecule has 26 heavy (non-hydrogen) atoms. The van der Waals surface area contributed by atoms with E-state index >= 15 is 0 Å². The minimum absolute atomic E-state index is 0.0253. The number of para-hydroxylation sites is 1. The van der Waals surface area contributed by atoms with Gasteiger partial charge < -0.3 is 9.88 Å². The van der Waals surface area contributed by atoms with Gasteiger partial charge in [-0.2, -0.15) is 8.42 Å². The topological polar surface area (TPSA) is 76.0 Å².